The van der Waals surface area contributed by atoms with Crippen LogP contribution in [0.5, 0.6) is 5.75 Å². The molecule has 0 saturated heterocycles. The number of aryl methyl sites for hydroxylation is 1. The zero-order valence-electron chi connectivity index (χ0n) is 11.7. The third-order valence-electron chi connectivity index (χ3n) is 3.14. The van der Waals surface area contributed by atoms with Crippen molar-refractivity contribution in [2.75, 3.05) is 13.7 Å². The zero-order valence-corrected chi connectivity index (χ0v) is 15.7. The Morgan fingerprint density at radius 1 is 1.30 bits per heavy atom. The minimum atomic E-state index is 0.126. The summed E-state index contributed by atoms with van der Waals surface area (Å²) in [5.41, 5.74) is 2.32. The molecule has 0 saturated carbocycles. The fraction of sp³-hybridized carbons (Fsp3) is 0.333. The van der Waals surface area contributed by atoms with Crippen molar-refractivity contribution >= 4 is 43.2 Å². The molecule has 0 fully saturated rings. The molecule has 20 heavy (non-hydrogen) atoms. The molecule has 5 heteroatoms. The van der Waals surface area contributed by atoms with Gasteiger partial charge in [-0.15, -0.1) is 11.3 Å². The predicted octanol–water partition coefficient (Wildman–Crippen LogP) is 5.29. The maximum absolute atomic E-state index is 5.57. The summed E-state index contributed by atoms with van der Waals surface area (Å²) in [4.78, 5) is 1.26. The summed E-state index contributed by atoms with van der Waals surface area (Å²) >= 11 is 8.99. The molecule has 2 nitrogen and oxygen atoms in total. The lowest BCUT2D eigenvalue weighted by Gasteiger charge is -2.21. The van der Waals surface area contributed by atoms with Gasteiger partial charge in [0.25, 0.3) is 0 Å². The smallest absolute Gasteiger partial charge is 0.124 e. The monoisotopic (exact) mass is 417 g/mol. The van der Waals surface area contributed by atoms with Crippen molar-refractivity contribution in [2.24, 2.45) is 0 Å². The Balaban J connectivity index is 2.55. The van der Waals surface area contributed by atoms with E-state index in [4.69, 9.17) is 4.74 Å². The maximum atomic E-state index is 5.57. The van der Waals surface area contributed by atoms with E-state index in [0.29, 0.717) is 0 Å². The normalized spacial score (nSPS) is 12.4. The molecule has 0 bridgehead atoms. The van der Waals surface area contributed by atoms with Gasteiger partial charge in [-0.1, -0.05) is 22.9 Å². The van der Waals surface area contributed by atoms with Gasteiger partial charge in [0.2, 0.25) is 0 Å². The number of hydrogen-bond donors (Lipinski definition) is 1. The van der Waals surface area contributed by atoms with Gasteiger partial charge < -0.3 is 10.1 Å². The minimum absolute atomic E-state index is 0.126. The Morgan fingerprint density at radius 3 is 2.60 bits per heavy atom. The summed E-state index contributed by atoms with van der Waals surface area (Å²) in [5, 5.41) is 5.64. The molecule has 1 heterocycles. The van der Waals surface area contributed by atoms with Crippen LogP contribution in [0.3, 0.4) is 0 Å². The highest BCUT2D eigenvalue weighted by atomic mass is 79.9. The third kappa shape index (κ3) is 3.27. The number of nitrogens with one attached hydrogen (secondary N) is 1. The Bertz CT molecular complexity index is 598. The van der Waals surface area contributed by atoms with E-state index in [0.717, 1.165) is 26.8 Å². The first-order valence-electron chi connectivity index (χ1n) is 6.38. The number of hydrogen-bond acceptors (Lipinski definition) is 3. The van der Waals surface area contributed by atoms with E-state index in [1.165, 1.54) is 10.4 Å². The van der Waals surface area contributed by atoms with E-state index in [1.54, 1.807) is 18.4 Å². The molecule has 108 valence electrons. The maximum Gasteiger partial charge on any atom is 0.124 e. The second-order valence-corrected chi connectivity index (χ2v) is 7.12. The first-order chi connectivity index (χ1) is 9.58. The summed E-state index contributed by atoms with van der Waals surface area (Å²) in [6, 6.07) is 6.43. The fourth-order valence-electron chi connectivity index (χ4n) is 2.13. The summed E-state index contributed by atoms with van der Waals surface area (Å²) in [6.07, 6.45) is 0. The first-order valence-corrected chi connectivity index (χ1v) is 8.85. The van der Waals surface area contributed by atoms with Crippen molar-refractivity contribution < 1.29 is 4.74 Å². The van der Waals surface area contributed by atoms with Crippen molar-refractivity contribution in [1.29, 1.82) is 0 Å². The lowest BCUT2D eigenvalue weighted by molar-refractivity contribution is 0.404. The van der Waals surface area contributed by atoms with Crippen molar-refractivity contribution in [1.82, 2.24) is 5.32 Å². The number of benzene rings is 1. The van der Waals surface area contributed by atoms with E-state index in [2.05, 4.69) is 74.6 Å². The van der Waals surface area contributed by atoms with Crippen molar-refractivity contribution in [3.63, 3.8) is 0 Å². The van der Waals surface area contributed by atoms with Gasteiger partial charge in [-0.3, -0.25) is 0 Å². The zero-order chi connectivity index (χ0) is 14.7. The van der Waals surface area contributed by atoms with Crippen molar-refractivity contribution in [3.05, 3.63) is 48.5 Å². The van der Waals surface area contributed by atoms with Crippen LogP contribution >= 0.6 is 43.2 Å². The number of halogens is 2. The molecule has 1 unspecified atom stereocenters. The van der Waals surface area contributed by atoms with Gasteiger partial charge in [0.05, 0.1) is 13.2 Å². The van der Waals surface area contributed by atoms with E-state index in [9.17, 15) is 0 Å². The van der Waals surface area contributed by atoms with Gasteiger partial charge in [0, 0.05) is 19.4 Å². The Morgan fingerprint density at radius 2 is 2.05 bits per heavy atom. The van der Waals surface area contributed by atoms with Crippen molar-refractivity contribution in [2.45, 2.75) is 19.9 Å². The van der Waals surface area contributed by atoms with Crippen LogP contribution < -0.4 is 10.1 Å². The highest BCUT2D eigenvalue weighted by molar-refractivity contribution is 9.10. The highest BCUT2D eigenvalue weighted by Crippen LogP contribution is 2.39. The summed E-state index contributed by atoms with van der Waals surface area (Å²) in [7, 11) is 1.72. The third-order valence-corrected chi connectivity index (χ3v) is 5.93. The Hall–Kier alpha value is -0.360. The average Bonchev–Trinajstić information content (AvgIpc) is 2.85. The number of thiophene rings is 1. The molecular formula is C15H17Br2NOS. The average molecular weight is 419 g/mol. The summed E-state index contributed by atoms with van der Waals surface area (Å²) in [5.74, 6) is 0.914. The van der Waals surface area contributed by atoms with Gasteiger partial charge in [0.1, 0.15) is 5.75 Å². The molecule has 0 aliphatic heterocycles. The second kappa shape index (κ2) is 7.07. The van der Waals surface area contributed by atoms with Crippen LogP contribution in [-0.2, 0) is 0 Å². The number of rotatable bonds is 5. The molecule has 2 aromatic rings. The lowest BCUT2D eigenvalue weighted by Crippen LogP contribution is -2.22. The second-order valence-electron chi connectivity index (χ2n) is 4.47. The van der Waals surface area contributed by atoms with Gasteiger partial charge >= 0.3 is 0 Å². The molecule has 1 N–H and O–H groups in total. The lowest BCUT2D eigenvalue weighted by atomic mass is 10.0. The summed E-state index contributed by atoms with van der Waals surface area (Å²) in [6.45, 7) is 5.08. The molecule has 0 amide bonds. The van der Waals surface area contributed by atoms with Crippen LogP contribution in [0.15, 0.2) is 32.5 Å². The number of methoxy groups -OCH3 is 1. The Kier molecular flexibility index (Phi) is 5.66. The standard InChI is InChI=1S/C15H17Br2NOS/c1-4-18-14(15-11(16)5-6-20-15)10-8-12(17)9(2)7-13(10)19-3/h5-8,14,18H,4H2,1-3H3. The van der Waals surface area contributed by atoms with Crippen LogP contribution in [0.25, 0.3) is 0 Å². The topological polar surface area (TPSA) is 21.3 Å². The number of ether oxygens (including phenoxy) is 1. The van der Waals surface area contributed by atoms with Crippen LogP contribution in [0.1, 0.15) is 29.0 Å². The van der Waals surface area contributed by atoms with Crippen LogP contribution in [-0.4, -0.2) is 13.7 Å². The molecule has 1 aromatic carbocycles. The SMILES string of the molecule is CCNC(c1cc(Br)c(C)cc1OC)c1sccc1Br. The molecule has 2 rings (SSSR count). The van der Waals surface area contributed by atoms with Gasteiger partial charge in [-0.2, -0.15) is 0 Å². The highest BCUT2D eigenvalue weighted by Gasteiger charge is 2.21. The van der Waals surface area contributed by atoms with Gasteiger partial charge in [-0.05, 0) is 58.5 Å². The molecule has 0 spiro atoms. The largest absolute Gasteiger partial charge is 0.496 e. The van der Waals surface area contributed by atoms with Crippen LogP contribution in [0.2, 0.25) is 0 Å². The minimum Gasteiger partial charge on any atom is -0.496 e. The van der Waals surface area contributed by atoms with Crippen molar-refractivity contribution in [3.8, 4) is 5.75 Å². The van der Waals surface area contributed by atoms with E-state index in [1.807, 2.05) is 0 Å². The van der Waals surface area contributed by atoms with Gasteiger partial charge in [-0.25, -0.2) is 0 Å². The quantitative estimate of drug-likeness (QED) is 0.712. The van der Waals surface area contributed by atoms with Crippen LogP contribution in [0.4, 0.5) is 0 Å². The molecule has 0 aliphatic rings. The molecular weight excluding hydrogens is 402 g/mol. The summed E-state index contributed by atoms with van der Waals surface area (Å²) < 4.78 is 7.81. The van der Waals surface area contributed by atoms with E-state index in [-0.39, 0.29) is 6.04 Å². The van der Waals surface area contributed by atoms with Crippen LogP contribution in [0, 0.1) is 6.92 Å². The predicted molar refractivity (Wildman–Crippen MR) is 93.0 cm³/mol. The fourth-order valence-corrected chi connectivity index (χ4v) is 4.19. The molecule has 1 aromatic heterocycles. The Labute approximate surface area is 140 Å². The van der Waals surface area contributed by atoms with E-state index < -0.39 is 0 Å². The van der Waals surface area contributed by atoms with E-state index >= 15 is 0 Å². The van der Waals surface area contributed by atoms with Gasteiger partial charge in [0.15, 0.2) is 0 Å². The molecule has 1 atom stereocenters. The molecule has 0 aliphatic carbocycles. The molecule has 0 radical (unpaired) electrons. The first kappa shape index (κ1) is 16.0.